The van der Waals surface area contributed by atoms with Crippen LogP contribution in [0.25, 0.3) is 0 Å². The first kappa shape index (κ1) is 16.2. The maximum atomic E-state index is 5.86. The molecule has 3 nitrogen and oxygen atoms in total. The van der Waals surface area contributed by atoms with Crippen LogP contribution in [0.3, 0.4) is 0 Å². The molecule has 0 aliphatic rings. The van der Waals surface area contributed by atoms with Gasteiger partial charge in [0.2, 0.25) is 0 Å². The number of anilines is 1. The highest BCUT2D eigenvalue weighted by Crippen LogP contribution is 2.25. The summed E-state index contributed by atoms with van der Waals surface area (Å²) in [5.74, 6) is 2.33. The Morgan fingerprint density at radius 3 is 2.36 bits per heavy atom. The average Bonchev–Trinajstić information content (AvgIpc) is 2.53. The predicted molar refractivity (Wildman–Crippen MR) is 91.7 cm³/mol. The predicted octanol–water partition coefficient (Wildman–Crippen LogP) is 4.73. The zero-order valence-electron chi connectivity index (χ0n) is 13.6. The lowest BCUT2D eigenvalue weighted by atomic mass is 10.2. The summed E-state index contributed by atoms with van der Waals surface area (Å²) in [6.45, 7) is 8.46. The van der Waals surface area contributed by atoms with Gasteiger partial charge in [0.25, 0.3) is 0 Å². The van der Waals surface area contributed by atoms with E-state index in [9.17, 15) is 0 Å². The van der Waals surface area contributed by atoms with Gasteiger partial charge in [-0.15, -0.1) is 0 Å². The Labute approximate surface area is 133 Å². The third-order valence-electron chi connectivity index (χ3n) is 3.18. The van der Waals surface area contributed by atoms with Crippen molar-refractivity contribution in [2.75, 3.05) is 18.5 Å². The fourth-order valence-electron chi connectivity index (χ4n) is 2.06. The minimum absolute atomic E-state index is 0.513. The Balaban J connectivity index is 1.95. The Bertz CT molecular complexity index is 564. The summed E-state index contributed by atoms with van der Waals surface area (Å²) in [5.41, 5.74) is 2.24. The van der Waals surface area contributed by atoms with E-state index in [4.69, 9.17) is 9.47 Å². The lowest BCUT2D eigenvalue weighted by molar-refractivity contribution is 0.272. The van der Waals surface area contributed by atoms with Crippen LogP contribution in [0.15, 0.2) is 48.5 Å². The van der Waals surface area contributed by atoms with Gasteiger partial charge < -0.3 is 14.8 Å². The van der Waals surface area contributed by atoms with Gasteiger partial charge in [-0.2, -0.15) is 0 Å². The number of para-hydroxylation sites is 2. The summed E-state index contributed by atoms with van der Waals surface area (Å²) in [7, 11) is 0. The van der Waals surface area contributed by atoms with Gasteiger partial charge in [-0.3, -0.25) is 0 Å². The van der Waals surface area contributed by atoms with E-state index in [0.717, 1.165) is 30.3 Å². The van der Waals surface area contributed by atoms with Gasteiger partial charge in [0.1, 0.15) is 11.5 Å². The lowest BCUT2D eigenvalue weighted by Crippen LogP contribution is -2.07. The van der Waals surface area contributed by atoms with Crippen molar-refractivity contribution in [3.63, 3.8) is 0 Å². The normalized spacial score (nSPS) is 10.5. The topological polar surface area (TPSA) is 30.5 Å². The fraction of sp³-hybridized carbons (Fsp3) is 0.368. The van der Waals surface area contributed by atoms with E-state index in [2.05, 4.69) is 31.3 Å². The molecule has 0 amide bonds. The molecule has 2 rings (SSSR count). The van der Waals surface area contributed by atoms with E-state index in [1.54, 1.807) is 0 Å². The monoisotopic (exact) mass is 299 g/mol. The first-order valence-electron chi connectivity index (χ1n) is 7.86. The number of benzene rings is 2. The molecular formula is C19H25NO2. The summed E-state index contributed by atoms with van der Waals surface area (Å²) in [6, 6.07) is 16.2. The highest BCUT2D eigenvalue weighted by Gasteiger charge is 2.04. The molecule has 0 fully saturated rings. The number of nitrogens with one attached hydrogen (secondary N) is 1. The summed E-state index contributed by atoms with van der Waals surface area (Å²) >= 11 is 0. The Morgan fingerprint density at radius 1 is 0.955 bits per heavy atom. The fourth-order valence-corrected chi connectivity index (χ4v) is 2.06. The molecule has 0 spiro atoms. The molecule has 0 saturated carbocycles. The van der Waals surface area contributed by atoms with Gasteiger partial charge in [0, 0.05) is 6.54 Å². The molecule has 118 valence electrons. The Hall–Kier alpha value is -2.16. The first-order chi connectivity index (χ1) is 10.7. The maximum Gasteiger partial charge on any atom is 0.142 e. The molecule has 22 heavy (non-hydrogen) atoms. The molecular weight excluding hydrogens is 274 g/mol. The number of hydrogen-bond acceptors (Lipinski definition) is 3. The largest absolute Gasteiger partial charge is 0.494 e. The quantitative estimate of drug-likeness (QED) is 0.764. The van der Waals surface area contributed by atoms with E-state index in [1.807, 2.05) is 43.3 Å². The summed E-state index contributed by atoms with van der Waals surface area (Å²) < 4.78 is 11.3. The van der Waals surface area contributed by atoms with Crippen LogP contribution in [0.5, 0.6) is 11.5 Å². The second-order valence-corrected chi connectivity index (χ2v) is 5.63. The molecule has 0 aliphatic carbocycles. The number of hydrogen-bond donors (Lipinski definition) is 1. The smallest absolute Gasteiger partial charge is 0.142 e. The number of ether oxygens (including phenoxy) is 2. The molecule has 0 aliphatic heterocycles. The van der Waals surface area contributed by atoms with Crippen molar-refractivity contribution >= 4 is 5.69 Å². The molecule has 0 saturated heterocycles. The van der Waals surface area contributed by atoms with Gasteiger partial charge in [0.15, 0.2) is 0 Å². The van der Waals surface area contributed by atoms with Crippen molar-refractivity contribution in [1.29, 1.82) is 0 Å². The van der Waals surface area contributed by atoms with Gasteiger partial charge in [0.05, 0.1) is 18.9 Å². The Morgan fingerprint density at radius 2 is 1.68 bits per heavy atom. The molecule has 2 aromatic carbocycles. The van der Waals surface area contributed by atoms with E-state index >= 15 is 0 Å². The zero-order valence-corrected chi connectivity index (χ0v) is 13.6. The van der Waals surface area contributed by atoms with Crippen molar-refractivity contribution in [1.82, 2.24) is 0 Å². The van der Waals surface area contributed by atoms with Crippen LogP contribution in [-0.2, 0) is 6.54 Å². The zero-order chi connectivity index (χ0) is 15.8. The summed E-state index contributed by atoms with van der Waals surface area (Å²) in [4.78, 5) is 0. The molecule has 1 N–H and O–H groups in total. The lowest BCUT2D eigenvalue weighted by Gasteiger charge is -2.14. The van der Waals surface area contributed by atoms with Crippen LogP contribution < -0.4 is 14.8 Å². The molecule has 0 unspecified atom stereocenters. The first-order valence-corrected chi connectivity index (χ1v) is 7.86. The molecule has 0 bridgehead atoms. The van der Waals surface area contributed by atoms with Crippen LogP contribution in [0.4, 0.5) is 5.69 Å². The molecule has 0 atom stereocenters. The number of rotatable bonds is 8. The summed E-state index contributed by atoms with van der Waals surface area (Å²) in [5, 5.41) is 3.44. The third-order valence-corrected chi connectivity index (χ3v) is 3.18. The van der Waals surface area contributed by atoms with Gasteiger partial charge >= 0.3 is 0 Å². The van der Waals surface area contributed by atoms with Gasteiger partial charge in [-0.25, -0.2) is 0 Å². The highest BCUT2D eigenvalue weighted by molar-refractivity contribution is 5.56. The van der Waals surface area contributed by atoms with Crippen molar-refractivity contribution in [3.05, 3.63) is 54.1 Å². The third kappa shape index (κ3) is 4.99. The molecule has 3 heteroatoms. The van der Waals surface area contributed by atoms with Gasteiger partial charge in [-0.1, -0.05) is 38.1 Å². The Kier molecular flexibility index (Phi) is 6.13. The summed E-state index contributed by atoms with van der Waals surface area (Å²) in [6.07, 6.45) is 0. The van der Waals surface area contributed by atoms with E-state index in [-0.39, 0.29) is 0 Å². The molecule has 0 aromatic heterocycles. The van der Waals surface area contributed by atoms with Crippen LogP contribution in [0.1, 0.15) is 26.3 Å². The standard InChI is InChI=1S/C19H25NO2/c1-4-21-17-11-9-16(10-12-17)13-20-18-7-5-6-8-19(18)22-14-15(2)3/h5-12,15,20H,4,13-14H2,1-3H3. The average molecular weight is 299 g/mol. The minimum atomic E-state index is 0.513. The van der Waals surface area contributed by atoms with Crippen molar-refractivity contribution < 1.29 is 9.47 Å². The second-order valence-electron chi connectivity index (χ2n) is 5.63. The highest BCUT2D eigenvalue weighted by atomic mass is 16.5. The molecule has 0 heterocycles. The van der Waals surface area contributed by atoms with Crippen molar-refractivity contribution in [2.45, 2.75) is 27.3 Å². The van der Waals surface area contributed by atoms with Crippen molar-refractivity contribution in [3.8, 4) is 11.5 Å². The van der Waals surface area contributed by atoms with E-state index < -0.39 is 0 Å². The van der Waals surface area contributed by atoms with Crippen LogP contribution in [0, 0.1) is 5.92 Å². The van der Waals surface area contributed by atoms with Gasteiger partial charge in [-0.05, 0) is 42.7 Å². The van der Waals surface area contributed by atoms with Crippen LogP contribution >= 0.6 is 0 Å². The molecule has 0 radical (unpaired) electrons. The van der Waals surface area contributed by atoms with Crippen LogP contribution in [0.2, 0.25) is 0 Å². The molecule has 2 aromatic rings. The van der Waals surface area contributed by atoms with Crippen molar-refractivity contribution in [2.24, 2.45) is 5.92 Å². The van der Waals surface area contributed by atoms with Crippen LogP contribution in [-0.4, -0.2) is 13.2 Å². The SMILES string of the molecule is CCOc1ccc(CNc2ccccc2OCC(C)C)cc1. The minimum Gasteiger partial charge on any atom is -0.494 e. The van der Waals surface area contributed by atoms with E-state index in [0.29, 0.717) is 12.5 Å². The second kappa shape index (κ2) is 8.32. The van der Waals surface area contributed by atoms with E-state index in [1.165, 1.54) is 5.56 Å². The maximum absolute atomic E-state index is 5.86.